The molecule has 1 fully saturated rings. The molecule has 0 bridgehead atoms. The minimum absolute atomic E-state index is 0.297. The Morgan fingerprint density at radius 2 is 0.839 bits per heavy atom. The van der Waals surface area contributed by atoms with Gasteiger partial charge in [0.25, 0.3) is 0 Å². The van der Waals surface area contributed by atoms with Crippen molar-refractivity contribution in [3.8, 4) is 0 Å². The minimum atomic E-state index is -1.87. The molecule has 0 N–H and O–H groups in total. The third kappa shape index (κ3) is 3.70. The fourth-order valence-corrected chi connectivity index (χ4v) is 16.5. The van der Waals surface area contributed by atoms with Gasteiger partial charge in [-0.15, -0.1) is 0 Å². The van der Waals surface area contributed by atoms with E-state index in [1.54, 1.807) is 0 Å². The van der Waals surface area contributed by atoms with Crippen LogP contribution in [0, 0.1) is 0 Å². The van der Waals surface area contributed by atoms with E-state index in [-0.39, 0.29) is 0 Å². The molecular weight excluding hydrogens is 458 g/mol. The van der Waals surface area contributed by atoms with Gasteiger partial charge < -0.3 is 0 Å². The maximum absolute atomic E-state index is 2.41. The van der Waals surface area contributed by atoms with Crippen LogP contribution in [-0.4, -0.2) is 19.0 Å². The summed E-state index contributed by atoms with van der Waals surface area (Å²) in [6.45, 7) is 0. The molecule has 0 radical (unpaired) electrons. The summed E-state index contributed by atoms with van der Waals surface area (Å²) in [4.78, 5) is 0. The van der Waals surface area contributed by atoms with Gasteiger partial charge in [0.15, 0.2) is 0 Å². The molecule has 0 atom stereocenters. The van der Waals surface area contributed by atoms with Crippen LogP contribution in [0.2, 0.25) is 0 Å². The van der Waals surface area contributed by atoms with Crippen LogP contribution in [0.4, 0.5) is 0 Å². The average molecular weight is 486 g/mol. The second-order valence-electron chi connectivity index (χ2n) is 8.25. The van der Waals surface area contributed by atoms with Gasteiger partial charge in [-0.1, -0.05) is 0 Å². The molecule has 1 aliphatic rings. The molecule has 0 aliphatic heterocycles. The van der Waals surface area contributed by atoms with Crippen LogP contribution in [0.25, 0.3) is 0 Å². The molecule has 0 unspecified atom stereocenters. The van der Waals surface area contributed by atoms with Gasteiger partial charge in [-0.2, -0.15) is 0 Å². The molecule has 0 spiro atoms. The summed E-state index contributed by atoms with van der Waals surface area (Å²) >= 11 is 0.389. The summed E-state index contributed by atoms with van der Waals surface area (Å²) in [5.41, 5.74) is 0. The second kappa shape index (κ2) is 9.13. The van der Waals surface area contributed by atoms with Crippen molar-refractivity contribution in [2.45, 2.75) is 29.7 Å². The predicted molar refractivity (Wildman–Crippen MR) is 138 cm³/mol. The zero-order chi connectivity index (χ0) is 21.0. The van der Waals surface area contributed by atoms with Gasteiger partial charge in [0, 0.05) is 0 Å². The molecule has 154 valence electrons. The first-order valence-electron chi connectivity index (χ1n) is 11.2. The summed E-state index contributed by atoms with van der Waals surface area (Å²) in [5, 5.41) is 4.60. The third-order valence-electron chi connectivity index (χ3n) is 6.48. The number of hydrogen-bond donors (Lipinski definition) is 0. The van der Waals surface area contributed by atoms with E-state index in [9.17, 15) is 0 Å². The number of hydrogen-bond acceptors (Lipinski definition) is 0. The van der Waals surface area contributed by atoms with Crippen LogP contribution < -0.4 is 20.4 Å². The molecule has 0 amide bonds. The molecule has 31 heavy (non-hydrogen) atoms. The van der Waals surface area contributed by atoms with E-state index >= 15 is 0 Å². The summed E-state index contributed by atoms with van der Waals surface area (Å²) in [6.07, 6.45) is 5.30. The zero-order valence-electron chi connectivity index (χ0n) is 17.7. The van der Waals surface area contributed by atoms with Gasteiger partial charge in [0.05, 0.1) is 0 Å². The average Bonchev–Trinajstić information content (AvgIpc) is 3.32. The first-order chi connectivity index (χ1) is 15.4. The second-order valence-corrected chi connectivity index (χ2v) is 15.7. The van der Waals surface area contributed by atoms with Crippen molar-refractivity contribution in [2.75, 3.05) is 0 Å². The Kier molecular flexibility index (Phi) is 6.10. The molecular formula is C29H28PSe+. The normalized spacial score (nSPS) is 15.6. The van der Waals surface area contributed by atoms with Crippen LogP contribution in [-0.2, 0) is 0 Å². The Morgan fingerprint density at radius 1 is 0.484 bits per heavy atom. The third-order valence-corrected chi connectivity index (χ3v) is 16.3. The van der Waals surface area contributed by atoms with E-state index in [1.165, 1.54) is 46.1 Å². The number of benzene rings is 4. The fraction of sp³-hybridized carbons (Fsp3) is 0.172. The van der Waals surface area contributed by atoms with Crippen LogP contribution >= 0.6 is 7.26 Å². The molecule has 1 aliphatic carbocycles. The first-order valence-corrected chi connectivity index (χ1v) is 14.7. The van der Waals surface area contributed by atoms with Gasteiger partial charge in [0.2, 0.25) is 0 Å². The van der Waals surface area contributed by atoms with Gasteiger partial charge >= 0.3 is 194 Å². The maximum atomic E-state index is 2.41. The SMILES string of the molecule is c1ccc([Se]C2([P+](c3ccccc3)(c3ccccc3)c3ccccc3)CCCC2)cc1. The van der Waals surface area contributed by atoms with Crippen molar-refractivity contribution in [2.24, 2.45) is 0 Å². The van der Waals surface area contributed by atoms with Crippen molar-refractivity contribution < 1.29 is 0 Å². The summed E-state index contributed by atoms with van der Waals surface area (Å²) in [7, 11) is -1.87. The van der Waals surface area contributed by atoms with Crippen LogP contribution in [0.5, 0.6) is 0 Å². The van der Waals surface area contributed by atoms with E-state index in [0.717, 1.165) is 0 Å². The van der Waals surface area contributed by atoms with E-state index in [0.29, 0.717) is 19.0 Å². The van der Waals surface area contributed by atoms with Gasteiger partial charge in [0.1, 0.15) is 0 Å². The Balaban J connectivity index is 1.84. The van der Waals surface area contributed by atoms with Crippen molar-refractivity contribution in [1.29, 1.82) is 0 Å². The Hall–Kier alpha value is -2.17. The van der Waals surface area contributed by atoms with Crippen LogP contribution in [0.15, 0.2) is 121 Å². The van der Waals surface area contributed by atoms with E-state index in [2.05, 4.69) is 121 Å². The monoisotopic (exact) mass is 487 g/mol. The standard InChI is InChI=1S/C29H28PSe/c1-5-15-25(16-6-1)30(26-17-7-2-8-18-26,27-19-9-3-10-20-27)29(23-13-14-24-29)31-28-21-11-4-12-22-28/h1-12,15-22H,13-14,23-24H2/q+1. The topological polar surface area (TPSA) is 0 Å². The molecule has 0 aromatic heterocycles. The van der Waals surface area contributed by atoms with Crippen LogP contribution in [0.1, 0.15) is 25.7 Å². The summed E-state index contributed by atoms with van der Waals surface area (Å²) in [5.74, 6) is 0. The molecule has 4 aromatic carbocycles. The summed E-state index contributed by atoms with van der Waals surface area (Å²) in [6, 6.07) is 45.7. The van der Waals surface area contributed by atoms with Crippen molar-refractivity contribution in [1.82, 2.24) is 0 Å². The molecule has 5 rings (SSSR count). The first kappa shape index (κ1) is 20.7. The van der Waals surface area contributed by atoms with Crippen molar-refractivity contribution in [3.63, 3.8) is 0 Å². The molecule has 4 aromatic rings. The van der Waals surface area contributed by atoms with Gasteiger partial charge in [-0.3, -0.25) is 0 Å². The Bertz CT molecular complexity index is 992. The molecule has 1 saturated carbocycles. The quantitative estimate of drug-likeness (QED) is 0.257. The van der Waals surface area contributed by atoms with Crippen molar-refractivity contribution in [3.05, 3.63) is 121 Å². The van der Waals surface area contributed by atoms with Gasteiger partial charge in [-0.25, -0.2) is 0 Å². The molecule has 0 heterocycles. The van der Waals surface area contributed by atoms with Crippen LogP contribution in [0.3, 0.4) is 0 Å². The van der Waals surface area contributed by atoms with E-state index in [1.807, 2.05) is 0 Å². The van der Waals surface area contributed by atoms with E-state index < -0.39 is 7.26 Å². The van der Waals surface area contributed by atoms with E-state index in [4.69, 9.17) is 0 Å². The molecule has 0 nitrogen and oxygen atoms in total. The predicted octanol–water partition coefficient (Wildman–Crippen LogP) is 5.28. The van der Waals surface area contributed by atoms with Gasteiger partial charge in [-0.05, 0) is 0 Å². The summed E-state index contributed by atoms with van der Waals surface area (Å²) < 4.78 is 1.83. The zero-order valence-corrected chi connectivity index (χ0v) is 20.3. The molecule has 0 saturated heterocycles. The Morgan fingerprint density at radius 3 is 1.23 bits per heavy atom. The number of rotatable bonds is 6. The van der Waals surface area contributed by atoms with Crippen molar-refractivity contribution >= 4 is 42.6 Å². The molecule has 2 heteroatoms. The fourth-order valence-electron chi connectivity index (χ4n) is 5.25. The Labute approximate surface area is 193 Å².